The third-order valence-corrected chi connectivity index (χ3v) is 4.80. The Morgan fingerprint density at radius 1 is 1.36 bits per heavy atom. The quantitative estimate of drug-likeness (QED) is 0.880. The molecule has 1 aliphatic heterocycles. The number of Topliss-reactive ketones (excluding diaryl/α,β-unsaturated/α-hetero) is 1. The standard InChI is InChI=1S/C20H24N4O/c1-24-14-18(13-23-24)17-7-5-15(6-8-17)10-16(12-21)11-20(25)19-4-2-3-9-22-19/h5-8,13-14,16,19,22H,2-4,9-11H2,1H3/t16-,19+/m1/s1. The van der Waals surface area contributed by atoms with Crippen molar-refractivity contribution in [1.29, 1.82) is 5.26 Å². The van der Waals surface area contributed by atoms with E-state index in [1.807, 2.05) is 43.7 Å². The van der Waals surface area contributed by atoms with E-state index in [1.54, 1.807) is 4.68 Å². The first-order chi connectivity index (χ1) is 12.2. The molecule has 0 unspecified atom stereocenters. The van der Waals surface area contributed by atoms with Crippen molar-refractivity contribution in [3.8, 4) is 17.2 Å². The minimum atomic E-state index is -0.263. The minimum absolute atomic E-state index is 0.0578. The first kappa shape index (κ1) is 17.4. The zero-order chi connectivity index (χ0) is 17.6. The zero-order valence-electron chi connectivity index (χ0n) is 14.6. The number of hydrogen-bond donors (Lipinski definition) is 1. The number of aryl methyl sites for hydroxylation is 1. The van der Waals surface area contributed by atoms with Crippen LogP contribution in [-0.2, 0) is 18.3 Å². The van der Waals surface area contributed by atoms with Crippen LogP contribution in [0.3, 0.4) is 0 Å². The molecular formula is C20H24N4O. The van der Waals surface area contributed by atoms with Crippen LogP contribution in [0.5, 0.6) is 0 Å². The van der Waals surface area contributed by atoms with Gasteiger partial charge in [0.1, 0.15) is 0 Å². The Hall–Kier alpha value is -2.45. The molecule has 2 atom stereocenters. The monoisotopic (exact) mass is 336 g/mol. The number of aromatic nitrogens is 2. The number of carbonyl (C=O) groups excluding carboxylic acids is 1. The van der Waals surface area contributed by atoms with Gasteiger partial charge in [0.15, 0.2) is 5.78 Å². The molecule has 0 saturated carbocycles. The van der Waals surface area contributed by atoms with Crippen LogP contribution in [-0.4, -0.2) is 28.2 Å². The number of piperidine rings is 1. The molecule has 5 heteroatoms. The van der Waals surface area contributed by atoms with Crippen molar-refractivity contribution >= 4 is 5.78 Å². The van der Waals surface area contributed by atoms with Crippen LogP contribution in [0.2, 0.25) is 0 Å². The summed E-state index contributed by atoms with van der Waals surface area (Å²) in [5, 5.41) is 16.9. The summed E-state index contributed by atoms with van der Waals surface area (Å²) in [6, 6.07) is 10.4. The van der Waals surface area contributed by atoms with Crippen LogP contribution in [0.15, 0.2) is 36.7 Å². The summed E-state index contributed by atoms with van der Waals surface area (Å²) >= 11 is 0. The number of rotatable bonds is 6. The Bertz CT molecular complexity index is 751. The van der Waals surface area contributed by atoms with E-state index in [9.17, 15) is 10.1 Å². The second kappa shape index (κ2) is 8.09. The van der Waals surface area contributed by atoms with Crippen molar-refractivity contribution in [2.45, 2.75) is 38.1 Å². The Kier molecular flexibility index (Phi) is 5.62. The maximum atomic E-state index is 12.4. The van der Waals surface area contributed by atoms with E-state index in [0.717, 1.165) is 42.5 Å². The van der Waals surface area contributed by atoms with Gasteiger partial charge < -0.3 is 5.32 Å². The van der Waals surface area contributed by atoms with E-state index in [-0.39, 0.29) is 17.7 Å². The van der Waals surface area contributed by atoms with E-state index >= 15 is 0 Å². The van der Waals surface area contributed by atoms with Crippen molar-refractivity contribution in [3.05, 3.63) is 42.2 Å². The Balaban J connectivity index is 1.59. The van der Waals surface area contributed by atoms with Crippen LogP contribution < -0.4 is 5.32 Å². The number of carbonyl (C=O) groups is 1. The van der Waals surface area contributed by atoms with E-state index < -0.39 is 0 Å². The highest BCUT2D eigenvalue weighted by atomic mass is 16.1. The number of hydrogen-bond acceptors (Lipinski definition) is 4. The summed E-state index contributed by atoms with van der Waals surface area (Å²) in [5.41, 5.74) is 3.26. The molecule has 0 amide bonds. The topological polar surface area (TPSA) is 70.7 Å². The highest BCUT2D eigenvalue weighted by Crippen LogP contribution is 2.21. The number of ketones is 1. The summed E-state index contributed by atoms with van der Waals surface area (Å²) in [6.07, 6.45) is 7.88. The van der Waals surface area contributed by atoms with Crippen LogP contribution in [0.25, 0.3) is 11.1 Å². The molecule has 130 valence electrons. The number of nitriles is 1. The molecule has 1 N–H and O–H groups in total. The lowest BCUT2D eigenvalue weighted by Gasteiger charge is -2.23. The molecule has 1 aliphatic rings. The molecule has 0 spiro atoms. The predicted molar refractivity (Wildman–Crippen MR) is 96.7 cm³/mol. The molecule has 1 fully saturated rings. The van der Waals surface area contributed by atoms with E-state index in [1.165, 1.54) is 0 Å². The highest BCUT2D eigenvalue weighted by molar-refractivity contribution is 5.84. The largest absolute Gasteiger partial charge is 0.307 e. The zero-order valence-corrected chi connectivity index (χ0v) is 14.6. The molecule has 1 aromatic heterocycles. The molecule has 5 nitrogen and oxygen atoms in total. The van der Waals surface area contributed by atoms with Crippen LogP contribution in [0.1, 0.15) is 31.2 Å². The van der Waals surface area contributed by atoms with Crippen LogP contribution in [0, 0.1) is 17.2 Å². The molecule has 1 saturated heterocycles. The molecule has 2 heterocycles. The molecule has 2 aromatic rings. The lowest BCUT2D eigenvalue weighted by Crippen LogP contribution is -2.41. The van der Waals surface area contributed by atoms with Gasteiger partial charge >= 0.3 is 0 Å². The van der Waals surface area contributed by atoms with Gasteiger partial charge in [-0.05, 0) is 36.9 Å². The summed E-state index contributed by atoms with van der Waals surface area (Å²) < 4.78 is 1.78. The van der Waals surface area contributed by atoms with Gasteiger partial charge in [-0.3, -0.25) is 9.48 Å². The van der Waals surface area contributed by atoms with Crippen LogP contribution in [0.4, 0.5) is 0 Å². The van der Waals surface area contributed by atoms with Gasteiger partial charge in [0.25, 0.3) is 0 Å². The fourth-order valence-corrected chi connectivity index (χ4v) is 3.36. The normalized spacial score (nSPS) is 18.5. The fraction of sp³-hybridized carbons (Fsp3) is 0.450. The van der Waals surface area contributed by atoms with E-state index in [4.69, 9.17) is 0 Å². The summed E-state index contributed by atoms with van der Waals surface area (Å²) in [7, 11) is 1.90. The minimum Gasteiger partial charge on any atom is -0.307 e. The number of nitrogens with one attached hydrogen (secondary N) is 1. The second-order valence-electron chi connectivity index (χ2n) is 6.80. The van der Waals surface area contributed by atoms with Crippen molar-refractivity contribution < 1.29 is 4.79 Å². The molecule has 25 heavy (non-hydrogen) atoms. The molecule has 3 rings (SSSR count). The Morgan fingerprint density at radius 2 is 2.16 bits per heavy atom. The Labute approximate surface area is 148 Å². The molecule has 0 radical (unpaired) electrons. The lowest BCUT2D eigenvalue weighted by atomic mass is 9.90. The van der Waals surface area contributed by atoms with Gasteiger partial charge in [0.2, 0.25) is 0 Å². The van der Waals surface area contributed by atoms with Crippen molar-refractivity contribution in [1.82, 2.24) is 15.1 Å². The lowest BCUT2D eigenvalue weighted by molar-refractivity contribution is -0.122. The third-order valence-electron chi connectivity index (χ3n) is 4.80. The first-order valence-corrected chi connectivity index (χ1v) is 8.89. The highest BCUT2D eigenvalue weighted by Gasteiger charge is 2.23. The first-order valence-electron chi connectivity index (χ1n) is 8.89. The summed E-state index contributed by atoms with van der Waals surface area (Å²) in [5.74, 6) is -0.0845. The summed E-state index contributed by atoms with van der Waals surface area (Å²) in [6.45, 7) is 0.906. The van der Waals surface area contributed by atoms with Crippen molar-refractivity contribution in [3.63, 3.8) is 0 Å². The van der Waals surface area contributed by atoms with Crippen molar-refractivity contribution in [2.24, 2.45) is 13.0 Å². The maximum Gasteiger partial charge on any atom is 0.151 e. The van der Waals surface area contributed by atoms with E-state index in [2.05, 4.69) is 16.5 Å². The van der Waals surface area contributed by atoms with Crippen LogP contribution >= 0.6 is 0 Å². The molecule has 1 aromatic carbocycles. The van der Waals surface area contributed by atoms with E-state index in [0.29, 0.717) is 12.8 Å². The molecular weight excluding hydrogens is 312 g/mol. The van der Waals surface area contributed by atoms with Gasteiger partial charge in [-0.1, -0.05) is 30.7 Å². The number of benzene rings is 1. The van der Waals surface area contributed by atoms with Gasteiger partial charge in [-0.25, -0.2) is 0 Å². The number of nitrogens with zero attached hydrogens (tertiary/aromatic N) is 3. The smallest absolute Gasteiger partial charge is 0.151 e. The Morgan fingerprint density at radius 3 is 2.76 bits per heavy atom. The third kappa shape index (κ3) is 4.55. The summed E-state index contributed by atoms with van der Waals surface area (Å²) in [4.78, 5) is 12.4. The van der Waals surface area contributed by atoms with Gasteiger partial charge in [0, 0.05) is 25.2 Å². The van der Waals surface area contributed by atoms with Gasteiger partial charge in [-0.15, -0.1) is 0 Å². The van der Waals surface area contributed by atoms with Gasteiger partial charge in [0.05, 0.1) is 24.2 Å². The average molecular weight is 336 g/mol. The maximum absolute atomic E-state index is 12.4. The molecule has 0 bridgehead atoms. The SMILES string of the molecule is Cn1cc(-c2ccc(C[C@@H](C#N)CC(=O)[C@@H]3CCCCN3)cc2)cn1. The predicted octanol–water partition coefficient (Wildman–Crippen LogP) is 2.87. The molecule has 0 aliphatic carbocycles. The van der Waals surface area contributed by atoms with Gasteiger partial charge in [-0.2, -0.15) is 10.4 Å². The van der Waals surface area contributed by atoms with Crippen molar-refractivity contribution in [2.75, 3.05) is 6.54 Å². The fourth-order valence-electron chi connectivity index (χ4n) is 3.36. The average Bonchev–Trinajstić information content (AvgIpc) is 3.08. The second-order valence-corrected chi connectivity index (χ2v) is 6.80.